The van der Waals surface area contributed by atoms with Gasteiger partial charge in [0.05, 0.1) is 17.8 Å². The van der Waals surface area contributed by atoms with Gasteiger partial charge >= 0.3 is 0 Å². The predicted molar refractivity (Wildman–Crippen MR) is 96.2 cm³/mol. The van der Waals surface area contributed by atoms with Crippen LogP contribution in [0.2, 0.25) is 0 Å². The van der Waals surface area contributed by atoms with Gasteiger partial charge < -0.3 is 5.32 Å². The number of H-pyrrole nitrogens is 2. The van der Waals surface area contributed by atoms with Gasteiger partial charge in [0.1, 0.15) is 5.82 Å². The van der Waals surface area contributed by atoms with E-state index in [9.17, 15) is 18.8 Å². The van der Waals surface area contributed by atoms with Crippen molar-refractivity contribution in [2.24, 2.45) is 0 Å². The van der Waals surface area contributed by atoms with E-state index >= 15 is 0 Å². The summed E-state index contributed by atoms with van der Waals surface area (Å²) in [7, 11) is 0. The fourth-order valence-electron chi connectivity index (χ4n) is 2.78. The summed E-state index contributed by atoms with van der Waals surface area (Å²) in [6.07, 6.45) is -0.205. The van der Waals surface area contributed by atoms with E-state index in [0.29, 0.717) is 5.69 Å². The van der Waals surface area contributed by atoms with Crippen molar-refractivity contribution in [2.45, 2.75) is 26.8 Å². The van der Waals surface area contributed by atoms with Gasteiger partial charge in [-0.05, 0) is 38.1 Å². The van der Waals surface area contributed by atoms with Crippen molar-refractivity contribution < 1.29 is 9.18 Å². The number of hydrogen-bond donors (Lipinski definition) is 3. The third kappa shape index (κ3) is 4.02. The average Bonchev–Trinajstić information content (AvgIpc) is 2.91. The summed E-state index contributed by atoms with van der Waals surface area (Å²) in [5.41, 5.74) is 2.18. The summed E-state index contributed by atoms with van der Waals surface area (Å²) in [6.45, 7) is 3.89. The molecule has 0 fully saturated rings. The summed E-state index contributed by atoms with van der Waals surface area (Å²) in [5.74, 6) is -0.720. The molecule has 0 aliphatic carbocycles. The Bertz CT molecular complexity index is 1100. The van der Waals surface area contributed by atoms with Crippen molar-refractivity contribution in [1.82, 2.24) is 25.3 Å². The number of carbonyl (C=O) groups is 1. The third-order valence-corrected chi connectivity index (χ3v) is 4.22. The molecule has 3 N–H and O–H groups in total. The van der Waals surface area contributed by atoms with E-state index in [-0.39, 0.29) is 30.3 Å². The number of aryl methyl sites for hydroxylation is 1. The molecule has 8 nitrogen and oxygen atoms in total. The molecule has 2 heterocycles. The number of rotatable bonds is 5. The number of aromatic amines is 2. The van der Waals surface area contributed by atoms with E-state index in [2.05, 4.69) is 20.6 Å². The third-order valence-electron chi connectivity index (χ3n) is 4.22. The minimum atomic E-state index is -0.513. The number of amides is 1. The van der Waals surface area contributed by atoms with Gasteiger partial charge in [0.25, 0.3) is 11.1 Å². The first-order valence-electron chi connectivity index (χ1n) is 8.24. The highest BCUT2D eigenvalue weighted by molar-refractivity contribution is 5.78. The van der Waals surface area contributed by atoms with E-state index in [1.165, 1.54) is 12.1 Å². The average molecular weight is 371 g/mol. The monoisotopic (exact) mass is 371 g/mol. The maximum atomic E-state index is 13.1. The molecule has 0 saturated heterocycles. The first-order chi connectivity index (χ1) is 12.8. The smallest absolute Gasteiger partial charge is 0.266 e. The van der Waals surface area contributed by atoms with Crippen molar-refractivity contribution in [3.05, 3.63) is 79.4 Å². The molecule has 27 heavy (non-hydrogen) atoms. The quantitative estimate of drug-likeness (QED) is 0.617. The van der Waals surface area contributed by atoms with Crippen molar-refractivity contribution in [3.63, 3.8) is 0 Å². The fourth-order valence-corrected chi connectivity index (χ4v) is 2.78. The second-order valence-electron chi connectivity index (χ2n) is 6.10. The van der Waals surface area contributed by atoms with Crippen LogP contribution in [0, 0.1) is 19.7 Å². The number of hydrogen-bond acceptors (Lipinski definition) is 4. The van der Waals surface area contributed by atoms with Crippen LogP contribution >= 0.6 is 0 Å². The van der Waals surface area contributed by atoms with Crippen molar-refractivity contribution >= 4 is 5.91 Å². The summed E-state index contributed by atoms with van der Waals surface area (Å²) in [4.78, 5) is 35.0. The molecule has 1 amide bonds. The van der Waals surface area contributed by atoms with Crippen LogP contribution < -0.4 is 16.4 Å². The Morgan fingerprint density at radius 3 is 2.59 bits per heavy atom. The van der Waals surface area contributed by atoms with Crippen LogP contribution in [-0.2, 0) is 17.8 Å². The molecule has 3 rings (SSSR count). The van der Waals surface area contributed by atoms with E-state index in [4.69, 9.17) is 0 Å². The van der Waals surface area contributed by atoms with Gasteiger partial charge in [0, 0.05) is 29.4 Å². The lowest BCUT2D eigenvalue weighted by Crippen LogP contribution is -2.30. The van der Waals surface area contributed by atoms with Crippen LogP contribution in [0.3, 0.4) is 0 Å². The molecule has 0 bridgehead atoms. The second kappa shape index (κ2) is 7.40. The van der Waals surface area contributed by atoms with E-state index < -0.39 is 11.1 Å². The van der Waals surface area contributed by atoms with Crippen LogP contribution in [0.15, 0.2) is 39.9 Å². The predicted octanol–water partition coefficient (Wildman–Crippen LogP) is 0.864. The SMILES string of the molecule is Cc1nn(-c2ccc(F)cc2)c(C)c1CNC(=O)Cc1cc(=O)[nH][nH]c1=O. The lowest BCUT2D eigenvalue weighted by Gasteiger charge is -2.07. The van der Waals surface area contributed by atoms with E-state index in [1.807, 2.05) is 13.8 Å². The Morgan fingerprint density at radius 1 is 1.19 bits per heavy atom. The maximum absolute atomic E-state index is 13.1. The van der Waals surface area contributed by atoms with Crippen molar-refractivity contribution in [2.75, 3.05) is 0 Å². The highest BCUT2D eigenvalue weighted by atomic mass is 19.1. The minimum Gasteiger partial charge on any atom is -0.352 e. The molecule has 0 spiro atoms. The zero-order valence-corrected chi connectivity index (χ0v) is 14.8. The summed E-state index contributed by atoms with van der Waals surface area (Å²) >= 11 is 0. The van der Waals surface area contributed by atoms with Crippen LogP contribution in [0.5, 0.6) is 0 Å². The summed E-state index contributed by atoms with van der Waals surface area (Å²) < 4.78 is 14.8. The Morgan fingerprint density at radius 2 is 1.89 bits per heavy atom. The Labute approximate surface area is 153 Å². The van der Waals surface area contributed by atoms with Gasteiger partial charge in [0.15, 0.2) is 0 Å². The number of benzene rings is 1. The van der Waals surface area contributed by atoms with Crippen LogP contribution in [0.1, 0.15) is 22.5 Å². The van der Waals surface area contributed by atoms with E-state index in [0.717, 1.165) is 23.0 Å². The summed E-state index contributed by atoms with van der Waals surface area (Å²) in [5, 5.41) is 11.5. The highest BCUT2D eigenvalue weighted by Crippen LogP contribution is 2.18. The number of halogens is 1. The standard InChI is InChI=1S/C18H18FN5O3/c1-10-15(11(2)24(23-10)14-5-3-13(19)4-6-14)9-20-16(25)7-12-8-17(26)21-22-18(12)27/h3-6,8H,7,9H2,1-2H3,(H,20,25)(H,21,26)(H,22,27). The topological polar surface area (TPSA) is 113 Å². The number of aromatic nitrogens is 4. The zero-order valence-electron chi connectivity index (χ0n) is 14.8. The maximum Gasteiger partial charge on any atom is 0.266 e. The van der Waals surface area contributed by atoms with Gasteiger partial charge in [-0.3, -0.25) is 24.6 Å². The Hall–Kier alpha value is -3.49. The number of nitrogens with one attached hydrogen (secondary N) is 3. The first kappa shape index (κ1) is 18.3. The van der Waals surface area contributed by atoms with Crippen molar-refractivity contribution in [3.8, 4) is 5.69 Å². The van der Waals surface area contributed by atoms with Gasteiger partial charge in [-0.2, -0.15) is 5.10 Å². The molecule has 3 aromatic rings. The Balaban J connectivity index is 1.73. The molecule has 0 aliphatic rings. The van der Waals surface area contributed by atoms with Gasteiger partial charge in [-0.15, -0.1) is 0 Å². The Kier molecular flexibility index (Phi) is 5.02. The lowest BCUT2D eigenvalue weighted by atomic mass is 10.1. The fraction of sp³-hybridized carbons (Fsp3) is 0.222. The van der Waals surface area contributed by atoms with Gasteiger partial charge in [0.2, 0.25) is 5.91 Å². The normalized spacial score (nSPS) is 10.8. The molecule has 0 aliphatic heterocycles. The summed E-state index contributed by atoms with van der Waals surface area (Å²) in [6, 6.07) is 7.05. The largest absolute Gasteiger partial charge is 0.352 e. The molecule has 0 unspecified atom stereocenters. The molecule has 0 radical (unpaired) electrons. The van der Waals surface area contributed by atoms with Crippen LogP contribution in [0.4, 0.5) is 4.39 Å². The van der Waals surface area contributed by atoms with Crippen LogP contribution in [-0.4, -0.2) is 25.9 Å². The van der Waals surface area contributed by atoms with Gasteiger partial charge in [-0.1, -0.05) is 0 Å². The van der Waals surface area contributed by atoms with Gasteiger partial charge in [-0.25, -0.2) is 9.07 Å². The second-order valence-corrected chi connectivity index (χ2v) is 6.10. The van der Waals surface area contributed by atoms with E-state index in [1.54, 1.807) is 16.8 Å². The minimum absolute atomic E-state index is 0.0895. The molecule has 9 heteroatoms. The lowest BCUT2D eigenvalue weighted by molar-refractivity contribution is -0.120. The molecule has 1 aromatic carbocycles. The molecular weight excluding hydrogens is 353 g/mol. The molecule has 0 atom stereocenters. The molecule has 140 valence electrons. The first-order valence-corrected chi connectivity index (χ1v) is 8.24. The zero-order chi connectivity index (χ0) is 19.6. The molecule has 0 saturated carbocycles. The highest BCUT2D eigenvalue weighted by Gasteiger charge is 2.14. The molecule has 2 aromatic heterocycles. The molecular formula is C18H18FN5O3. The number of nitrogens with zero attached hydrogens (tertiary/aromatic N) is 2. The number of carbonyl (C=O) groups excluding carboxylic acids is 1. The van der Waals surface area contributed by atoms with Crippen LogP contribution in [0.25, 0.3) is 5.69 Å². The van der Waals surface area contributed by atoms with Crippen molar-refractivity contribution in [1.29, 1.82) is 0 Å².